The van der Waals surface area contributed by atoms with Crippen LogP contribution in [-0.4, -0.2) is 24.3 Å². The molecule has 0 saturated heterocycles. The van der Waals surface area contributed by atoms with Crippen molar-refractivity contribution in [2.24, 2.45) is 0 Å². The first-order valence-electron chi connectivity index (χ1n) is 8.31. The molecule has 0 bridgehead atoms. The Labute approximate surface area is 151 Å². The van der Waals surface area contributed by atoms with Crippen LogP contribution in [0.25, 0.3) is 0 Å². The van der Waals surface area contributed by atoms with Gasteiger partial charge in [0.2, 0.25) is 0 Å². The van der Waals surface area contributed by atoms with Gasteiger partial charge in [-0.05, 0) is 48.4 Å². The molecule has 1 N–H and O–H groups in total. The van der Waals surface area contributed by atoms with Crippen LogP contribution in [-0.2, 0) is 20.7 Å². The third-order valence-corrected chi connectivity index (χ3v) is 3.73. The lowest BCUT2D eigenvalue weighted by molar-refractivity contribution is -0.147. The van der Waals surface area contributed by atoms with E-state index in [1.165, 1.54) is 24.3 Å². The maximum absolute atomic E-state index is 12.8. The minimum Gasteiger partial charge on any atom is -0.456 e. The van der Waals surface area contributed by atoms with Gasteiger partial charge in [0.25, 0.3) is 5.91 Å². The molecule has 2 aromatic rings. The number of benzene rings is 2. The highest BCUT2D eigenvalue weighted by molar-refractivity contribution is 5.98. The molecule has 2 rings (SSSR count). The zero-order chi connectivity index (χ0) is 18.9. The van der Waals surface area contributed by atoms with E-state index in [1.807, 2.05) is 19.1 Å². The number of hydrogen-bond donors (Lipinski definition) is 1. The standard InChI is InChI=1S/C20H20FNO4/c1-2-14-3-9-17(10-4-14)22-19(24)13-26-20(25)12-11-18(23)15-5-7-16(21)8-6-15/h3-10H,2,11-13H2,1H3,(H,22,24). The van der Waals surface area contributed by atoms with Crippen LogP contribution in [0.5, 0.6) is 0 Å². The molecule has 0 aliphatic rings. The number of ketones is 1. The molecule has 0 aliphatic carbocycles. The molecular formula is C20H20FNO4. The fourth-order valence-corrected chi connectivity index (χ4v) is 2.23. The summed E-state index contributed by atoms with van der Waals surface area (Å²) < 4.78 is 17.7. The largest absolute Gasteiger partial charge is 0.456 e. The van der Waals surface area contributed by atoms with E-state index < -0.39 is 24.3 Å². The minimum absolute atomic E-state index is 0.0649. The molecule has 1 amide bonds. The topological polar surface area (TPSA) is 72.5 Å². The number of anilines is 1. The van der Waals surface area contributed by atoms with Crippen molar-refractivity contribution in [3.05, 3.63) is 65.5 Å². The van der Waals surface area contributed by atoms with Crippen LogP contribution in [0.15, 0.2) is 48.5 Å². The van der Waals surface area contributed by atoms with Crippen LogP contribution in [0, 0.1) is 5.82 Å². The van der Waals surface area contributed by atoms with Gasteiger partial charge in [0.1, 0.15) is 5.82 Å². The summed E-state index contributed by atoms with van der Waals surface area (Å²) in [6.07, 6.45) is 0.696. The summed E-state index contributed by atoms with van der Waals surface area (Å²) in [7, 11) is 0. The minimum atomic E-state index is -0.642. The number of aryl methyl sites for hydroxylation is 1. The highest BCUT2D eigenvalue weighted by atomic mass is 19.1. The number of amides is 1. The molecule has 0 heterocycles. The molecule has 0 saturated carbocycles. The Kier molecular flexibility index (Phi) is 7.02. The molecule has 0 atom stereocenters. The van der Waals surface area contributed by atoms with E-state index in [9.17, 15) is 18.8 Å². The van der Waals surface area contributed by atoms with Crippen molar-refractivity contribution in [3.8, 4) is 0 Å². The van der Waals surface area contributed by atoms with E-state index in [0.29, 0.717) is 11.3 Å². The van der Waals surface area contributed by atoms with Gasteiger partial charge in [-0.1, -0.05) is 19.1 Å². The monoisotopic (exact) mass is 357 g/mol. The molecule has 0 radical (unpaired) electrons. The number of halogens is 1. The zero-order valence-corrected chi connectivity index (χ0v) is 14.5. The van der Waals surface area contributed by atoms with Gasteiger partial charge in [-0.15, -0.1) is 0 Å². The summed E-state index contributed by atoms with van der Waals surface area (Å²) >= 11 is 0. The van der Waals surface area contributed by atoms with Crippen molar-refractivity contribution in [3.63, 3.8) is 0 Å². The predicted molar refractivity (Wildman–Crippen MR) is 95.4 cm³/mol. The highest BCUT2D eigenvalue weighted by Crippen LogP contribution is 2.10. The van der Waals surface area contributed by atoms with Crippen LogP contribution in [0.3, 0.4) is 0 Å². The van der Waals surface area contributed by atoms with E-state index in [4.69, 9.17) is 4.74 Å². The molecule has 26 heavy (non-hydrogen) atoms. The average Bonchev–Trinajstić information content (AvgIpc) is 2.65. The van der Waals surface area contributed by atoms with Crippen LogP contribution in [0.4, 0.5) is 10.1 Å². The van der Waals surface area contributed by atoms with Crippen molar-refractivity contribution < 1.29 is 23.5 Å². The Morgan fingerprint density at radius 2 is 1.62 bits per heavy atom. The lowest BCUT2D eigenvalue weighted by Crippen LogP contribution is -2.21. The van der Waals surface area contributed by atoms with E-state index >= 15 is 0 Å². The van der Waals surface area contributed by atoms with Gasteiger partial charge in [-0.25, -0.2) is 4.39 Å². The Morgan fingerprint density at radius 1 is 0.962 bits per heavy atom. The van der Waals surface area contributed by atoms with Crippen LogP contribution in [0.1, 0.15) is 35.7 Å². The second kappa shape index (κ2) is 9.46. The SMILES string of the molecule is CCc1ccc(NC(=O)COC(=O)CCC(=O)c2ccc(F)cc2)cc1. The molecule has 6 heteroatoms. The van der Waals surface area contributed by atoms with Gasteiger partial charge in [-0.3, -0.25) is 14.4 Å². The summed E-state index contributed by atoms with van der Waals surface area (Å²) in [6, 6.07) is 12.5. The van der Waals surface area contributed by atoms with E-state index in [2.05, 4.69) is 5.32 Å². The van der Waals surface area contributed by atoms with Crippen molar-refractivity contribution in [1.82, 2.24) is 0 Å². The molecule has 0 aliphatic heterocycles. The van der Waals surface area contributed by atoms with Crippen LogP contribution in [0.2, 0.25) is 0 Å². The number of rotatable bonds is 8. The van der Waals surface area contributed by atoms with Gasteiger partial charge < -0.3 is 10.1 Å². The van der Waals surface area contributed by atoms with Crippen LogP contribution < -0.4 is 5.32 Å². The zero-order valence-electron chi connectivity index (χ0n) is 14.5. The smallest absolute Gasteiger partial charge is 0.306 e. The van der Waals surface area contributed by atoms with E-state index in [-0.39, 0.29) is 18.6 Å². The fraction of sp³-hybridized carbons (Fsp3) is 0.250. The molecule has 2 aromatic carbocycles. The Balaban J connectivity index is 1.71. The third kappa shape index (κ3) is 6.12. The van der Waals surface area contributed by atoms with Crippen molar-refractivity contribution in [2.75, 3.05) is 11.9 Å². The number of ether oxygens (including phenoxy) is 1. The normalized spacial score (nSPS) is 10.2. The first kappa shape index (κ1) is 19.3. The van der Waals surface area contributed by atoms with Crippen molar-refractivity contribution >= 4 is 23.3 Å². The van der Waals surface area contributed by atoms with Gasteiger partial charge in [0.15, 0.2) is 12.4 Å². The number of hydrogen-bond acceptors (Lipinski definition) is 4. The molecule has 0 fully saturated rings. The second-order valence-corrected chi connectivity index (χ2v) is 5.69. The van der Waals surface area contributed by atoms with E-state index in [0.717, 1.165) is 12.0 Å². The highest BCUT2D eigenvalue weighted by Gasteiger charge is 2.12. The summed E-state index contributed by atoms with van der Waals surface area (Å²) in [6.45, 7) is 1.62. The Bertz CT molecular complexity index is 769. The third-order valence-electron chi connectivity index (χ3n) is 3.73. The maximum atomic E-state index is 12.8. The Hall–Kier alpha value is -3.02. The number of carbonyl (C=O) groups excluding carboxylic acids is 3. The van der Waals surface area contributed by atoms with Gasteiger partial charge in [-0.2, -0.15) is 0 Å². The molecule has 0 aromatic heterocycles. The number of nitrogens with one attached hydrogen (secondary N) is 1. The van der Waals surface area contributed by atoms with Crippen molar-refractivity contribution in [2.45, 2.75) is 26.2 Å². The lowest BCUT2D eigenvalue weighted by Gasteiger charge is -2.07. The maximum Gasteiger partial charge on any atom is 0.306 e. The summed E-state index contributed by atoms with van der Waals surface area (Å²) in [5, 5.41) is 2.63. The average molecular weight is 357 g/mol. The number of carbonyl (C=O) groups is 3. The molecular weight excluding hydrogens is 337 g/mol. The van der Waals surface area contributed by atoms with Gasteiger partial charge >= 0.3 is 5.97 Å². The number of esters is 1. The first-order valence-corrected chi connectivity index (χ1v) is 8.31. The van der Waals surface area contributed by atoms with Crippen LogP contribution >= 0.6 is 0 Å². The predicted octanol–water partition coefficient (Wildman–Crippen LogP) is 3.53. The second-order valence-electron chi connectivity index (χ2n) is 5.69. The molecule has 0 spiro atoms. The molecule has 136 valence electrons. The van der Waals surface area contributed by atoms with Crippen molar-refractivity contribution in [1.29, 1.82) is 0 Å². The lowest BCUT2D eigenvalue weighted by atomic mass is 10.1. The molecule has 0 unspecified atom stereocenters. The summed E-state index contributed by atoms with van der Waals surface area (Å²) in [5.41, 5.74) is 2.10. The Morgan fingerprint density at radius 3 is 2.23 bits per heavy atom. The first-order chi connectivity index (χ1) is 12.5. The van der Waals surface area contributed by atoms with Gasteiger partial charge in [0, 0.05) is 17.7 Å². The van der Waals surface area contributed by atoms with Gasteiger partial charge in [0.05, 0.1) is 6.42 Å². The van der Waals surface area contributed by atoms with E-state index in [1.54, 1.807) is 12.1 Å². The number of Topliss-reactive ketones (excluding diaryl/α,β-unsaturated/α-hetero) is 1. The summed E-state index contributed by atoms with van der Waals surface area (Å²) in [4.78, 5) is 35.3. The summed E-state index contributed by atoms with van der Waals surface area (Å²) in [5.74, 6) is -1.82. The fourth-order valence-electron chi connectivity index (χ4n) is 2.23. The quantitative estimate of drug-likeness (QED) is 0.579. The molecule has 5 nitrogen and oxygen atoms in total.